The summed E-state index contributed by atoms with van der Waals surface area (Å²) in [5.41, 5.74) is 9.70. The number of aryl methyl sites for hydroxylation is 1. The smallest absolute Gasteiger partial charge is 0.350 e. The van der Waals surface area contributed by atoms with Crippen LogP contribution in [0.2, 0.25) is 0 Å². The van der Waals surface area contributed by atoms with Crippen molar-refractivity contribution in [1.82, 2.24) is 24.6 Å². The number of nitrogens with one attached hydrogen (secondary N) is 1. The Labute approximate surface area is 148 Å². The molecule has 0 fully saturated rings. The highest BCUT2D eigenvalue weighted by molar-refractivity contribution is 5.90. The predicted molar refractivity (Wildman–Crippen MR) is 98.0 cm³/mol. The number of methoxy groups -OCH3 is 1. The first-order valence-electron chi connectivity index (χ1n) is 7.93. The predicted octanol–water partition coefficient (Wildman–Crippen LogP) is 2.05. The maximum atomic E-state index is 12.1. The number of aromatic nitrogens is 5. The first kappa shape index (κ1) is 15.8. The summed E-state index contributed by atoms with van der Waals surface area (Å²) in [5.74, 6) is 0.533. The molecular weight excluding hydrogens is 332 g/mol. The minimum absolute atomic E-state index is 0.0686. The second kappa shape index (κ2) is 5.99. The molecule has 0 atom stereocenters. The Hall–Kier alpha value is -3.68. The van der Waals surface area contributed by atoms with Gasteiger partial charge < -0.3 is 10.5 Å². The molecule has 3 aromatic heterocycles. The van der Waals surface area contributed by atoms with E-state index in [1.807, 2.05) is 43.3 Å². The maximum Gasteiger partial charge on any atom is 0.350 e. The number of nitrogen functional groups attached to an aromatic ring is 1. The standard InChI is InChI=1S/C18H16N6O2/c1-10-8-12(9-13(20-10)26-2)14-15(11-6-4-3-5-7-11)21-17(19)24-16(14)22-23-18(24)25/h3-9H,1-2H3,(H2,19,21)(H,23,25). The van der Waals surface area contributed by atoms with Crippen LogP contribution in [0.15, 0.2) is 47.3 Å². The number of aromatic amines is 1. The molecule has 26 heavy (non-hydrogen) atoms. The van der Waals surface area contributed by atoms with E-state index in [4.69, 9.17) is 10.5 Å². The maximum absolute atomic E-state index is 12.1. The van der Waals surface area contributed by atoms with Gasteiger partial charge in [0.25, 0.3) is 0 Å². The van der Waals surface area contributed by atoms with Crippen molar-refractivity contribution in [3.63, 3.8) is 0 Å². The van der Waals surface area contributed by atoms with Gasteiger partial charge >= 0.3 is 5.69 Å². The quantitative estimate of drug-likeness (QED) is 0.586. The largest absolute Gasteiger partial charge is 0.481 e. The number of hydrogen-bond donors (Lipinski definition) is 2. The molecule has 8 nitrogen and oxygen atoms in total. The van der Waals surface area contributed by atoms with E-state index in [1.165, 1.54) is 4.40 Å². The second-order valence-electron chi connectivity index (χ2n) is 5.79. The molecule has 3 N–H and O–H groups in total. The van der Waals surface area contributed by atoms with Crippen LogP contribution in [0.5, 0.6) is 5.88 Å². The number of ether oxygens (including phenoxy) is 1. The highest BCUT2D eigenvalue weighted by Gasteiger charge is 2.20. The average molecular weight is 348 g/mol. The number of fused-ring (bicyclic) bond motifs is 1. The van der Waals surface area contributed by atoms with Crippen LogP contribution in [0, 0.1) is 6.92 Å². The van der Waals surface area contributed by atoms with Crippen LogP contribution in [0.1, 0.15) is 5.69 Å². The van der Waals surface area contributed by atoms with Crippen LogP contribution in [-0.2, 0) is 0 Å². The lowest BCUT2D eigenvalue weighted by atomic mass is 10.00. The number of anilines is 1. The zero-order valence-corrected chi connectivity index (χ0v) is 14.2. The molecule has 4 rings (SSSR count). The summed E-state index contributed by atoms with van der Waals surface area (Å²) in [5, 5.41) is 6.61. The number of rotatable bonds is 3. The number of nitrogens with zero attached hydrogens (tertiary/aromatic N) is 4. The minimum Gasteiger partial charge on any atom is -0.481 e. The van der Waals surface area contributed by atoms with E-state index >= 15 is 0 Å². The van der Waals surface area contributed by atoms with Crippen LogP contribution in [0.3, 0.4) is 0 Å². The summed E-state index contributed by atoms with van der Waals surface area (Å²) in [6.45, 7) is 1.87. The third-order valence-corrected chi connectivity index (χ3v) is 4.06. The molecule has 0 spiro atoms. The molecule has 0 unspecified atom stereocenters. The number of nitrogens with two attached hydrogens (primary N) is 1. The van der Waals surface area contributed by atoms with Crippen LogP contribution < -0.4 is 16.2 Å². The van der Waals surface area contributed by atoms with Gasteiger partial charge in [0.05, 0.1) is 18.4 Å². The van der Waals surface area contributed by atoms with Crippen LogP contribution in [0.4, 0.5) is 5.95 Å². The van der Waals surface area contributed by atoms with E-state index in [0.717, 1.165) is 16.8 Å². The first-order valence-corrected chi connectivity index (χ1v) is 7.93. The van der Waals surface area contributed by atoms with Gasteiger partial charge in [-0.05, 0) is 18.6 Å². The van der Waals surface area contributed by atoms with Gasteiger partial charge in [0.15, 0.2) is 5.65 Å². The fourth-order valence-electron chi connectivity index (χ4n) is 2.96. The molecular formula is C18H16N6O2. The zero-order chi connectivity index (χ0) is 18.3. The molecule has 0 saturated heterocycles. The molecule has 8 heteroatoms. The number of H-pyrrole nitrogens is 1. The van der Waals surface area contributed by atoms with E-state index in [2.05, 4.69) is 20.2 Å². The van der Waals surface area contributed by atoms with Crippen LogP contribution >= 0.6 is 0 Å². The van der Waals surface area contributed by atoms with Gasteiger partial charge in [-0.2, -0.15) is 5.10 Å². The lowest BCUT2D eigenvalue weighted by molar-refractivity contribution is 0.397. The average Bonchev–Trinajstić information content (AvgIpc) is 3.04. The van der Waals surface area contributed by atoms with Gasteiger partial charge in [-0.25, -0.2) is 24.3 Å². The minimum atomic E-state index is -0.441. The fraction of sp³-hybridized carbons (Fsp3) is 0.111. The topological polar surface area (TPSA) is 111 Å². The van der Waals surface area contributed by atoms with Gasteiger partial charge in [-0.15, -0.1) is 0 Å². The van der Waals surface area contributed by atoms with Gasteiger partial charge in [-0.1, -0.05) is 30.3 Å². The molecule has 0 bridgehead atoms. The lowest BCUT2D eigenvalue weighted by Crippen LogP contribution is -2.15. The van der Waals surface area contributed by atoms with Crippen molar-refractivity contribution in [3.8, 4) is 28.3 Å². The molecule has 0 radical (unpaired) electrons. The Kier molecular flexibility index (Phi) is 3.65. The fourth-order valence-corrected chi connectivity index (χ4v) is 2.96. The molecule has 0 aliphatic heterocycles. The van der Waals surface area contributed by atoms with Crippen molar-refractivity contribution in [2.45, 2.75) is 6.92 Å². The number of benzene rings is 1. The van der Waals surface area contributed by atoms with Crippen molar-refractivity contribution in [2.24, 2.45) is 0 Å². The van der Waals surface area contributed by atoms with E-state index < -0.39 is 5.69 Å². The van der Waals surface area contributed by atoms with E-state index in [0.29, 0.717) is 22.8 Å². The molecule has 3 heterocycles. The SMILES string of the molecule is COc1cc(-c2c(-c3ccccc3)nc(N)n3c(=O)[nH]nc23)cc(C)n1. The molecule has 4 aromatic rings. The van der Waals surface area contributed by atoms with E-state index in [1.54, 1.807) is 13.2 Å². The normalized spacial score (nSPS) is 11.0. The highest BCUT2D eigenvalue weighted by Crippen LogP contribution is 2.35. The summed E-state index contributed by atoms with van der Waals surface area (Å²) in [7, 11) is 1.56. The van der Waals surface area contributed by atoms with Crippen molar-refractivity contribution >= 4 is 11.6 Å². The van der Waals surface area contributed by atoms with Gasteiger partial charge in [0.1, 0.15) is 0 Å². The van der Waals surface area contributed by atoms with E-state index in [9.17, 15) is 4.79 Å². The Balaban J connectivity index is 2.14. The summed E-state index contributed by atoms with van der Waals surface area (Å²) >= 11 is 0. The Morgan fingerprint density at radius 2 is 1.88 bits per heavy atom. The second-order valence-corrected chi connectivity index (χ2v) is 5.79. The monoisotopic (exact) mass is 348 g/mol. The number of pyridine rings is 1. The Morgan fingerprint density at radius 3 is 2.62 bits per heavy atom. The molecule has 0 saturated carbocycles. The van der Waals surface area contributed by atoms with Gasteiger partial charge in [0, 0.05) is 17.3 Å². The van der Waals surface area contributed by atoms with Crippen molar-refractivity contribution in [2.75, 3.05) is 12.8 Å². The third-order valence-electron chi connectivity index (χ3n) is 4.06. The highest BCUT2D eigenvalue weighted by atomic mass is 16.5. The summed E-state index contributed by atoms with van der Waals surface area (Å²) in [6, 6.07) is 13.3. The van der Waals surface area contributed by atoms with E-state index in [-0.39, 0.29) is 5.95 Å². The molecule has 0 aliphatic rings. The lowest BCUT2D eigenvalue weighted by Gasteiger charge is -2.13. The molecule has 0 amide bonds. The summed E-state index contributed by atoms with van der Waals surface area (Å²) < 4.78 is 6.54. The van der Waals surface area contributed by atoms with Crippen LogP contribution in [0.25, 0.3) is 28.0 Å². The summed E-state index contributed by atoms with van der Waals surface area (Å²) in [6.07, 6.45) is 0. The zero-order valence-electron chi connectivity index (χ0n) is 14.2. The third kappa shape index (κ3) is 2.48. The Bertz CT molecular complexity index is 1160. The van der Waals surface area contributed by atoms with Gasteiger partial charge in [0.2, 0.25) is 11.8 Å². The molecule has 1 aromatic carbocycles. The Morgan fingerprint density at radius 1 is 1.12 bits per heavy atom. The van der Waals surface area contributed by atoms with Crippen molar-refractivity contribution in [3.05, 3.63) is 58.6 Å². The number of hydrogen-bond acceptors (Lipinski definition) is 6. The molecule has 0 aliphatic carbocycles. The van der Waals surface area contributed by atoms with Crippen molar-refractivity contribution in [1.29, 1.82) is 0 Å². The molecule has 130 valence electrons. The van der Waals surface area contributed by atoms with Crippen molar-refractivity contribution < 1.29 is 4.74 Å². The first-order chi connectivity index (χ1) is 12.6. The van der Waals surface area contributed by atoms with Crippen LogP contribution in [-0.4, -0.2) is 31.7 Å². The summed E-state index contributed by atoms with van der Waals surface area (Å²) in [4.78, 5) is 20.9. The van der Waals surface area contributed by atoms with Gasteiger partial charge in [-0.3, -0.25) is 0 Å².